The van der Waals surface area contributed by atoms with Crippen LogP contribution in [0, 0.1) is 16.7 Å². The van der Waals surface area contributed by atoms with Gasteiger partial charge in [0.25, 0.3) is 0 Å². The van der Waals surface area contributed by atoms with Crippen LogP contribution in [0.1, 0.15) is 52.9 Å². The number of nitrogens with one attached hydrogen (secondary N) is 1. The molecule has 0 aromatic rings. The topological polar surface area (TPSA) is 77.7 Å². The molecule has 2 rings (SSSR count). The van der Waals surface area contributed by atoms with Gasteiger partial charge in [-0.15, -0.1) is 0 Å². The quantitative estimate of drug-likeness (QED) is 0.617. The molecule has 1 aliphatic heterocycles. The van der Waals surface area contributed by atoms with Crippen molar-refractivity contribution in [2.75, 3.05) is 26.3 Å². The van der Waals surface area contributed by atoms with E-state index in [1.165, 1.54) is 0 Å². The van der Waals surface area contributed by atoms with Gasteiger partial charge in [-0.25, -0.2) is 0 Å². The Bertz CT molecular complexity index is 492. The molecule has 24 heavy (non-hydrogen) atoms. The van der Waals surface area contributed by atoms with Gasteiger partial charge in [-0.1, -0.05) is 20.8 Å². The van der Waals surface area contributed by atoms with Crippen LogP contribution in [0.5, 0.6) is 0 Å². The summed E-state index contributed by atoms with van der Waals surface area (Å²) >= 11 is 0. The molecule has 2 fully saturated rings. The molecule has 2 aliphatic rings. The van der Waals surface area contributed by atoms with Gasteiger partial charge in [-0.3, -0.25) is 9.79 Å². The first-order valence-electron chi connectivity index (χ1n) is 8.92. The van der Waals surface area contributed by atoms with Crippen LogP contribution in [0.4, 0.5) is 0 Å². The molecule has 1 saturated heterocycles. The van der Waals surface area contributed by atoms with Gasteiger partial charge in [0, 0.05) is 13.1 Å². The fraction of sp³-hybridized carbons (Fsp3) is 0.833. The first-order chi connectivity index (χ1) is 11.3. The Labute approximate surface area is 145 Å². The summed E-state index contributed by atoms with van der Waals surface area (Å²) in [7, 11) is 0. The molecule has 1 heterocycles. The molecule has 0 bridgehead atoms. The molecule has 1 unspecified atom stereocenters. The minimum atomic E-state index is -0.693. The standard InChI is InChI=1S/C18H30N4O2/c1-17(2,3)12-15(20-14-22-8-10-24-11-9-22)16(23)21-18(13-19)6-4-5-7-18/h14-15H,4-12H2,1-3H3,(H,21,23). The van der Waals surface area contributed by atoms with E-state index >= 15 is 0 Å². The fourth-order valence-corrected chi connectivity index (χ4v) is 3.22. The number of rotatable bonds is 5. The second kappa shape index (κ2) is 7.98. The maximum absolute atomic E-state index is 12.8. The lowest BCUT2D eigenvalue weighted by Crippen LogP contribution is -2.49. The van der Waals surface area contributed by atoms with Crippen LogP contribution in [0.15, 0.2) is 4.99 Å². The number of morpholine rings is 1. The van der Waals surface area contributed by atoms with Crippen molar-refractivity contribution in [3.63, 3.8) is 0 Å². The molecular formula is C18H30N4O2. The van der Waals surface area contributed by atoms with Gasteiger partial charge in [0.15, 0.2) is 0 Å². The maximum Gasteiger partial charge on any atom is 0.246 e. The average molecular weight is 334 g/mol. The van der Waals surface area contributed by atoms with E-state index < -0.39 is 11.6 Å². The highest BCUT2D eigenvalue weighted by atomic mass is 16.5. The molecule has 1 saturated carbocycles. The Morgan fingerprint density at radius 1 is 1.38 bits per heavy atom. The van der Waals surface area contributed by atoms with E-state index in [9.17, 15) is 10.1 Å². The minimum absolute atomic E-state index is 0.0140. The van der Waals surface area contributed by atoms with E-state index in [0.717, 1.165) is 38.8 Å². The summed E-state index contributed by atoms with van der Waals surface area (Å²) in [4.78, 5) is 19.4. The van der Waals surface area contributed by atoms with Crippen LogP contribution in [0.2, 0.25) is 0 Å². The lowest BCUT2D eigenvalue weighted by molar-refractivity contribution is -0.124. The SMILES string of the molecule is CC(C)(C)CC(N=CN1CCOCC1)C(=O)NC1(C#N)CCCC1. The number of ether oxygens (including phenoxy) is 1. The van der Waals surface area contributed by atoms with Crippen molar-refractivity contribution in [3.8, 4) is 6.07 Å². The van der Waals surface area contributed by atoms with Crippen molar-refractivity contribution in [2.24, 2.45) is 10.4 Å². The van der Waals surface area contributed by atoms with Gasteiger partial charge in [-0.2, -0.15) is 5.26 Å². The Balaban J connectivity index is 2.05. The van der Waals surface area contributed by atoms with Crippen LogP contribution in [0.25, 0.3) is 0 Å². The number of hydrogen-bond acceptors (Lipinski definition) is 4. The third-order valence-corrected chi connectivity index (χ3v) is 4.60. The summed E-state index contributed by atoms with van der Waals surface area (Å²) in [5.74, 6) is -0.127. The minimum Gasteiger partial charge on any atom is -0.378 e. The van der Waals surface area contributed by atoms with Gasteiger partial charge >= 0.3 is 0 Å². The zero-order chi connectivity index (χ0) is 17.6. The molecule has 1 atom stereocenters. The van der Waals surface area contributed by atoms with Gasteiger partial charge in [0.05, 0.1) is 25.6 Å². The summed E-state index contributed by atoms with van der Waals surface area (Å²) in [6, 6.07) is 1.86. The van der Waals surface area contributed by atoms with E-state index in [1.807, 2.05) is 0 Å². The van der Waals surface area contributed by atoms with Gasteiger partial charge in [0.1, 0.15) is 11.6 Å². The fourth-order valence-electron chi connectivity index (χ4n) is 3.22. The van der Waals surface area contributed by atoms with Crippen LogP contribution in [0.3, 0.4) is 0 Å². The Morgan fingerprint density at radius 3 is 2.54 bits per heavy atom. The number of carbonyl (C=O) groups is 1. The van der Waals surface area contributed by atoms with Crippen molar-refractivity contribution in [1.29, 1.82) is 5.26 Å². The molecule has 1 N–H and O–H groups in total. The summed E-state index contributed by atoms with van der Waals surface area (Å²) in [6.45, 7) is 9.30. The van der Waals surface area contributed by atoms with Crippen LogP contribution in [-0.4, -0.2) is 55.0 Å². The van der Waals surface area contributed by atoms with Gasteiger partial charge < -0.3 is 15.0 Å². The van der Waals surface area contributed by atoms with Crippen molar-refractivity contribution < 1.29 is 9.53 Å². The zero-order valence-electron chi connectivity index (χ0n) is 15.2. The Kier molecular flexibility index (Phi) is 6.22. The average Bonchev–Trinajstić information content (AvgIpc) is 3.00. The predicted molar refractivity (Wildman–Crippen MR) is 93.7 cm³/mol. The summed E-state index contributed by atoms with van der Waals surface area (Å²) < 4.78 is 5.33. The van der Waals surface area contributed by atoms with Crippen molar-refractivity contribution in [1.82, 2.24) is 10.2 Å². The smallest absolute Gasteiger partial charge is 0.246 e. The molecule has 6 heteroatoms. The lowest BCUT2D eigenvalue weighted by atomic mass is 9.87. The highest BCUT2D eigenvalue weighted by molar-refractivity contribution is 5.84. The highest BCUT2D eigenvalue weighted by Crippen LogP contribution is 2.30. The van der Waals surface area contributed by atoms with Crippen LogP contribution < -0.4 is 5.32 Å². The summed E-state index contributed by atoms with van der Waals surface area (Å²) in [5, 5.41) is 12.5. The van der Waals surface area contributed by atoms with Crippen molar-refractivity contribution in [3.05, 3.63) is 0 Å². The molecule has 1 aliphatic carbocycles. The number of nitriles is 1. The first kappa shape index (κ1) is 18.7. The second-order valence-corrected chi connectivity index (χ2v) is 8.08. The third kappa shape index (κ3) is 5.48. The second-order valence-electron chi connectivity index (χ2n) is 8.08. The number of carbonyl (C=O) groups excluding carboxylic acids is 1. The van der Waals surface area contributed by atoms with Crippen molar-refractivity contribution in [2.45, 2.75) is 64.5 Å². The number of aliphatic imine (C=N–C) groups is 1. The molecule has 0 radical (unpaired) electrons. The molecular weight excluding hydrogens is 304 g/mol. The zero-order valence-corrected chi connectivity index (χ0v) is 15.2. The van der Waals surface area contributed by atoms with Gasteiger partial charge in [0.2, 0.25) is 5.91 Å². The number of amides is 1. The number of nitrogens with zero attached hydrogens (tertiary/aromatic N) is 3. The molecule has 1 amide bonds. The predicted octanol–water partition coefficient (Wildman–Crippen LogP) is 2.10. The molecule has 0 spiro atoms. The molecule has 6 nitrogen and oxygen atoms in total. The molecule has 0 aromatic heterocycles. The normalized spacial score (nSPS) is 22.3. The maximum atomic E-state index is 12.8. The van der Waals surface area contributed by atoms with Gasteiger partial charge in [-0.05, 0) is 37.5 Å². The van der Waals surface area contributed by atoms with E-state index in [4.69, 9.17) is 4.74 Å². The monoisotopic (exact) mass is 334 g/mol. The van der Waals surface area contributed by atoms with E-state index in [1.54, 1.807) is 6.34 Å². The highest BCUT2D eigenvalue weighted by Gasteiger charge is 2.37. The summed E-state index contributed by atoms with van der Waals surface area (Å²) in [6.07, 6.45) is 5.91. The van der Waals surface area contributed by atoms with Crippen LogP contribution >= 0.6 is 0 Å². The lowest BCUT2D eigenvalue weighted by Gasteiger charge is -2.29. The largest absolute Gasteiger partial charge is 0.378 e. The van der Waals surface area contributed by atoms with E-state index in [0.29, 0.717) is 19.6 Å². The summed E-state index contributed by atoms with van der Waals surface area (Å²) in [5.41, 5.74) is -0.707. The molecule has 0 aromatic carbocycles. The third-order valence-electron chi connectivity index (χ3n) is 4.60. The Hall–Kier alpha value is -1.61. The molecule has 134 valence electrons. The first-order valence-corrected chi connectivity index (χ1v) is 8.92. The Morgan fingerprint density at radius 2 is 2.00 bits per heavy atom. The van der Waals surface area contributed by atoms with Crippen molar-refractivity contribution >= 4 is 12.2 Å². The van der Waals surface area contributed by atoms with Crippen LogP contribution in [-0.2, 0) is 9.53 Å². The van der Waals surface area contributed by atoms with E-state index in [2.05, 4.69) is 42.0 Å². The number of hydrogen-bond donors (Lipinski definition) is 1. The van der Waals surface area contributed by atoms with E-state index in [-0.39, 0.29) is 11.3 Å².